The second-order valence-corrected chi connectivity index (χ2v) is 4.09. The van der Waals surface area contributed by atoms with Crippen LogP contribution in [0.1, 0.15) is 6.42 Å². The van der Waals surface area contributed by atoms with E-state index in [9.17, 15) is 0 Å². The third-order valence-electron chi connectivity index (χ3n) is 3.04. The lowest BCUT2D eigenvalue weighted by Crippen LogP contribution is -2.31. The van der Waals surface area contributed by atoms with Gasteiger partial charge in [-0.1, -0.05) is 12.1 Å². The number of nitrogens with zero attached hydrogens (tertiary/aromatic N) is 2. The monoisotopic (exact) mass is 218 g/mol. The van der Waals surface area contributed by atoms with Gasteiger partial charge in [-0.2, -0.15) is 4.98 Å². The standard InChI is InChI=1S/C12H14N2O2/c1-14(9-6-7-15-8-9)12-13-10-4-2-3-5-11(10)16-12/h2-5,9H,6-8H2,1H3. The van der Waals surface area contributed by atoms with Gasteiger partial charge < -0.3 is 14.1 Å². The fourth-order valence-corrected chi connectivity index (χ4v) is 1.99. The van der Waals surface area contributed by atoms with Crippen molar-refractivity contribution in [2.75, 3.05) is 25.2 Å². The SMILES string of the molecule is CN(c1nc2ccccc2o1)C1CCOC1. The lowest BCUT2D eigenvalue weighted by Gasteiger charge is -2.20. The molecule has 1 unspecified atom stereocenters. The molecule has 0 amide bonds. The van der Waals surface area contributed by atoms with Crippen molar-refractivity contribution < 1.29 is 9.15 Å². The van der Waals surface area contributed by atoms with E-state index in [0.717, 1.165) is 30.7 Å². The molecule has 4 nitrogen and oxygen atoms in total. The Bertz CT molecular complexity index is 455. The summed E-state index contributed by atoms with van der Waals surface area (Å²) in [6, 6.07) is 8.87. The Morgan fingerprint density at radius 2 is 2.25 bits per heavy atom. The molecule has 1 atom stereocenters. The lowest BCUT2D eigenvalue weighted by atomic mass is 10.2. The van der Waals surface area contributed by atoms with Gasteiger partial charge in [0.05, 0.1) is 12.6 Å². The van der Waals surface area contributed by atoms with Gasteiger partial charge >= 0.3 is 0 Å². The van der Waals surface area contributed by atoms with Crippen LogP contribution in [0, 0.1) is 0 Å². The zero-order chi connectivity index (χ0) is 11.0. The minimum Gasteiger partial charge on any atom is -0.423 e. The summed E-state index contributed by atoms with van der Waals surface area (Å²) < 4.78 is 11.1. The number of anilines is 1. The molecule has 0 saturated carbocycles. The van der Waals surface area contributed by atoms with E-state index in [4.69, 9.17) is 9.15 Å². The highest BCUT2D eigenvalue weighted by atomic mass is 16.5. The number of aromatic nitrogens is 1. The molecule has 84 valence electrons. The summed E-state index contributed by atoms with van der Waals surface area (Å²) in [5.74, 6) is 0. The quantitative estimate of drug-likeness (QED) is 0.773. The van der Waals surface area contributed by atoms with Crippen LogP contribution in [0.4, 0.5) is 6.01 Å². The van der Waals surface area contributed by atoms with E-state index in [1.165, 1.54) is 0 Å². The zero-order valence-electron chi connectivity index (χ0n) is 9.22. The number of benzene rings is 1. The number of para-hydroxylation sites is 2. The summed E-state index contributed by atoms with van der Waals surface area (Å²) in [4.78, 5) is 6.52. The van der Waals surface area contributed by atoms with Gasteiger partial charge in [0.2, 0.25) is 0 Å². The van der Waals surface area contributed by atoms with Crippen molar-refractivity contribution in [1.29, 1.82) is 0 Å². The number of hydrogen-bond acceptors (Lipinski definition) is 4. The maximum absolute atomic E-state index is 5.70. The third kappa shape index (κ3) is 1.55. The molecule has 0 N–H and O–H groups in total. The van der Waals surface area contributed by atoms with Crippen molar-refractivity contribution in [3.63, 3.8) is 0 Å². The van der Waals surface area contributed by atoms with E-state index in [0.29, 0.717) is 12.1 Å². The Balaban J connectivity index is 1.92. The first-order chi connectivity index (χ1) is 7.84. The third-order valence-corrected chi connectivity index (χ3v) is 3.04. The molecule has 0 bridgehead atoms. The van der Waals surface area contributed by atoms with Gasteiger partial charge in [-0.3, -0.25) is 0 Å². The summed E-state index contributed by atoms with van der Waals surface area (Å²) in [6.07, 6.45) is 1.04. The molecular formula is C12H14N2O2. The van der Waals surface area contributed by atoms with Gasteiger partial charge in [0.1, 0.15) is 5.52 Å². The van der Waals surface area contributed by atoms with E-state index < -0.39 is 0 Å². The van der Waals surface area contributed by atoms with E-state index >= 15 is 0 Å². The highest BCUT2D eigenvalue weighted by Crippen LogP contribution is 2.24. The van der Waals surface area contributed by atoms with Crippen molar-refractivity contribution >= 4 is 17.1 Å². The van der Waals surface area contributed by atoms with Gasteiger partial charge in [-0.05, 0) is 18.6 Å². The van der Waals surface area contributed by atoms with Crippen molar-refractivity contribution in [1.82, 2.24) is 4.98 Å². The number of ether oxygens (including phenoxy) is 1. The number of oxazole rings is 1. The fourth-order valence-electron chi connectivity index (χ4n) is 1.99. The number of rotatable bonds is 2. The summed E-state index contributed by atoms with van der Waals surface area (Å²) in [6.45, 7) is 1.59. The van der Waals surface area contributed by atoms with Crippen molar-refractivity contribution in [2.45, 2.75) is 12.5 Å². The van der Waals surface area contributed by atoms with Crippen LogP contribution < -0.4 is 4.90 Å². The van der Waals surface area contributed by atoms with Crippen molar-refractivity contribution in [3.05, 3.63) is 24.3 Å². The molecule has 1 aliphatic rings. The molecule has 0 aliphatic carbocycles. The van der Waals surface area contributed by atoms with Crippen LogP contribution in [0.2, 0.25) is 0 Å². The maximum Gasteiger partial charge on any atom is 0.298 e. The number of likely N-dealkylation sites (N-methyl/N-ethyl adjacent to an activating group) is 1. The van der Waals surface area contributed by atoms with Crippen LogP contribution in [0.3, 0.4) is 0 Å². The van der Waals surface area contributed by atoms with Gasteiger partial charge in [0.25, 0.3) is 6.01 Å². The molecule has 2 heterocycles. The van der Waals surface area contributed by atoms with E-state index in [1.807, 2.05) is 31.3 Å². The molecule has 1 aliphatic heterocycles. The first kappa shape index (κ1) is 9.66. The van der Waals surface area contributed by atoms with Crippen LogP contribution in [-0.4, -0.2) is 31.3 Å². The van der Waals surface area contributed by atoms with Gasteiger partial charge in [0.15, 0.2) is 5.58 Å². The first-order valence-electron chi connectivity index (χ1n) is 5.51. The zero-order valence-corrected chi connectivity index (χ0v) is 9.22. The molecule has 0 spiro atoms. The normalized spacial score (nSPS) is 20.4. The van der Waals surface area contributed by atoms with Crippen LogP contribution in [-0.2, 0) is 4.74 Å². The van der Waals surface area contributed by atoms with Crippen LogP contribution >= 0.6 is 0 Å². The Kier molecular flexibility index (Phi) is 2.29. The van der Waals surface area contributed by atoms with Crippen LogP contribution in [0.25, 0.3) is 11.1 Å². The largest absolute Gasteiger partial charge is 0.423 e. The van der Waals surface area contributed by atoms with E-state index in [1.54, 1.807) is 0 Å². The fraction of sp³-hybridized carbons (Fsp3) is 0.417. The summed E-state index contributed by atoms with van der Waals surface area (Å²) in [5, 5.41) is 0. The average Bonchev–Trinajstić information content (AvgIpc) is 2.97. The molecular weight excluding hydrogens is 204 g/mol. The Hall–Kier alpha value is -1.55. The summed E-state index contributed by atoms with van der Waals surface area (Å²) >= 11 is 0. The van der Waals surface area contributed by atoms with Crippen molar-refractivity contribution in [2.24, 2.45) is 0 Å². The summed E-state index contributed by atoms with van der Waals surface area (Å²) in [7, 11) is 2.00. The maximum atomic E-state index is 5.70. The molecule has 2 aromatic rings. The predicted molar refractivity (Wildman–Crippen MR) is 61.6 cm³/mol. The van der Waals surface area contributed by atoms with E-state index in [2.05, 4.69) is 9.88 Å². The molecule has 4 heteroatoms. The Morgan fingerprint density at radius 1 is 1.38 bits per heavy atom. The topological polar surface area (TPSA) is 38.5 Å². The minimum atomic E-state index is 0.382. The van der Waals surface area contributed by atoms with Crippen molar-refractivity contribution in [3.8, 4) is 0 Å². The molecule has 0 radical (unpaired) electrons. The Morgan fingerprint density at radius 3 is 3.00 bits per heavy atom. The van der Waals surface area contributed by atoms with Crippen LogP contribution in [0.5, 0.6) is 0 Å². The predicted octanol–water partition coefficient (Wildman–Crippen LogP) is 2.05. The number of fused-ring (bicyclic) bond motifs is 1. The molecule has 1 saturated heterocycles. The minimum absolute atomic E-state index is 0.382. The molecule has 1 aromatic heterocycles. The highest BCUT2D eigenvalue weighted by Gasteiger charge is 2.23. The van der Waals surface area contributed by atoms with E-state index in [-0.39, 0.29) is 0 Å². The average molecular weight is 218 g/mol. The van der Waals surface area contributed by atoms with Gasteiger partial charge in [-0.15, -0.1) is 0 Å². The lowest BCUT2D eigenvalue weighted by molar-refractivity contribution is 0.193. The van der Waals surface area contributed by atoms with Gasteiger partial charge in [0, 0.05) is 13.7 Å². The summed E-state index contributed by atoms with van der Waals surface area (Å²) in [5.41, 5.74) is 1.74. The number of hydrogen-bond donors (Lipinski definition) is 0. The smallest absolute Gasteiger partial charge is 0.298 e. The molecule has 1 fully saturated rings. The molecule has 1 aromatic carbocycles. The van der Waals surface area contributed by atoms with Crippen LogP contribution in [0.15, 0.2) is 28.7 Å². The molecule has 16 heavy (non-hydrogen) atoms. The highest BCUT2D eigenvalue weighted by molar-refractivity contribution is 5.74. The molecule has 3 rings (SSSR count). The van der Waals surface area contributed by atoms with Gasteiger partial charge in [-0.25, -0.2) is 0 Å². The Labute approximate surface area is 93.8 Å². The second kappa shape index (κ2) is 3.79. The first-order valence-corrected chi connectivity index (χ1v) is 5.51. The second-order valence-electron chi connectivity index (χ2n) is 4.09.